The van der Waals surface area contributed by atoms with E-state index < -0.39 is 0 Å². The van der Waals surface area contributed by atoms with Crippen LogP contribution in [0.4, 0.5) is 0 Å². The van der Waals surface area contributed by atoms with Crippen molar-refractivity contribution in [1.82, 2.24) is 9.97 Å². The second-order valence-electron chi connectivity index (χ2n) is 6.01. The Labute approximate surface area is 123 Å². The van der Waals surface area contributed by atoms with Crippen molar-refractivity contribution in [2.75, 3.05) is 0 Å². The third-order valence-electron chi connectivity index (χ3n) is 2.87. The minimum absolute atomic E-state index is 0.155. The van der Waals surface area contributed by atoms with Gasteiger partial charge >= 0.3 is 0 Å². The molecule has 0 bridgehead atoms. The van der Waals surface area contributed by atoms with E-state index >= 15 is 0 Å². The second-order valence-corrected chi connectivity index (χ2v) is 7.48. The van der Waals surface area contributed by atoms with E-state index in [1.807, 2.05) is 6.07 Å². The molecule has 0 aliphatic rings. The van der Waals surface area contributed by atoms with E-state index in [0.717, 1.165) is 16.4 Å². The van der Waals surface area contributed by atoms with Crippen LogP contribution in [-0.4, -0.2) is 9.97 Å². The number of hydrogen-bond acceptors (Lipinski definition) is 3. The Bertz CT molecular complexity index is 582. The summed E-state index contributed by atoms with van der Waals surface area (Å²) in [6.07, 6.45) is 0. The van der Waals surface area contributed by atoms with E-state index in [4.69, 9.17) is 11.6 Å². The highest BCUT2D eigenvalue weighted by Crippen LogP contribution is 2.34. The topological polar surface area (TPSA) is 25.8 Å². The van der Waals surface area contributed by atoms with Gasteiger partial charge in [-0.25, -0.2) is 9.97 Å². The fourth-order valence-electron chi connectivity index (χ4n) is 1.70. The van der Waals surface area contributed by atoms with Crippen molar-refractivity contribution in [3.05, 3.63) is 33.9 Å². The van der Waals surface area contributed by atoms with Gasteiger partial charge in [0.2, 0.25) is 0 Å². The first-order chi connectivity index (χ1) is 8.77. The van der Waals surface area contributed by atoms with Gasteiger partial charge in [-0.3, -0.25) is 0 Å². The Morgan fingerprint density at radius 1 is 1.16 bits per heavy atom. The number of thiophene rings is 1. The lowest BCUT2D eigenvalue weighted by Gasteiger charge is -2.15. The van der Waals surface area contributed by atoms with Crippen molar-refractivity contribution < 1.29 is 0 Å². The number of rotatable bonds is 2. The molecule has 0 saturated carbocycles. The normalized spacial score (nSPS) is 12.2. The van der Waals surface area contributed by atoms with Gasteiger partial charge in [0.1, 0.15) is 5.15 Å². The summed E-state index contributed by atoms with van der Waals surface area (Å²) in [5.41, 5.74) is 1.14. The Hall–Kier alpha value is -0.930. The molecule has 2 aromatic heterocycles. The molecular formula is C15H19ClN2S. The molecule has 4 heteroatoms. The van der Waals surface area contributed by atoms with Crippen molar-refractivity contribution in [2.24, 2.45) is 0 Å². The Morgan fingerprint density at radius 2 is 1.84 bits per heavy atom. The molecule has 2 nitrogen and oxygen atoms in total. The van der Waals surface area contributed by atoms with Crippen LogP contribution in [0.1, 0.15) is 51.1 Å². The van der Waals surface area contributed by atoms with Gasteiger partial charge < -0.3 is 0 Å². The molecule has 0 fully saturated rings. The summed E-state index contributed by atoms with van der Waals surface area (Å²) >= 11 is 7.83. The van der Waals surface area contributed by atoms with Gasteiger partial charge in [0.15, 0.2) is 5.82 Å². The fourth-order valence-corrected chi connectivity index (χ4v) is 2.89. The predicted octanol–water partition coefficient (Wildman–Crippen LogP) is 5.28. The van der Waals surface area contributed by atoms with Crippen molar-refractivity contribution in [3.63, 3.8) is 0 Å². The van der Waals surface area contributed by atoms with Gasteiger partial charge in [0.25, 0.3) is 0 Å². The van der Waals surface area contributed by atoms with Crippen LogP contribution < -0.4 is 0 Å². The van der Waals surface area contributed by atoms with Gasteiger partial charge in [-0.1, -0.05) is 46.2 Å². The molecule has 0 radical (unpaired) electrons. The van der Waals surface area contributed by atoms with Crippen LogP contribution in [0.5, 0.6) is 0 Å². The SMILES string of the molecule is CC(C)c1cc(Cl)nc(-c2ccc(C(C)(C)C)s2)n1. The summed E-state index contributed by atoms with van der Waals surface area (Å²) in [7, 11) is 0. The first-order valence-electron chi connectivity index (χ1n) is 6.42. The Kier molecular flexibility index (Phi) is 3.98. The van der Waals surface area contributed by atoms with Crippen molar-refractivity contribution in [1.29, 1.82) is 0 Å². The van der Waals surface area contributed by atoms with Gasteiger partial charge in [-0.2, -0.15) is 0 Å². The molecule has 0 N–H and O–H groups in total. The second kappa shape index (κ2) is 5.22. The van der Waals surface area contributed by atoms with Gasteiger partial charge in [0.05, 0.1) is 4.88 Å². The van der Waals surface area contributed by atoms with Crippen molar-refractivity contribution in [3.8, 4) is 10.7 Å². The van der Waals surface area contributed by atoms with Crippen molar-refractivity contribution in [2.45, 2.75) is 46.0 Å². The summed E-state index contributed by atoms with van der Waals surface area (Å²) in [5.74, 6) is 1.08. The molecule has 2 aromatic rings. The molecule has 19 heavy (non-hydrogen) atoms. The fraction of sp³-hybridized carbons (Fsp3) is 0.467. The molecule has 0 amide bonds. The molecule has 0 aromatic carbocycles. The standard InChI is InChI=1S/C15H19ClN2S/c1-9(2)10-8-13(16)18-14(17-10)11-6-7-12(19-11)15(3,4)5/h6-9H,1-5H3. The zero-order valence-corrected chi connectivity index (χ0v) is 13.6. The Balaban J connectivity index is 2.44. The number of hydrogen-bond donors (Lipinski definition) is 0. The van der Waals surface area contributed by atoms with Crippen molar-refractivity contribution >= 4 is 22.9 Å². The van der Waals surface area contributed by atoms with Crippen LogP contribution in [0.3, 0.4) is 0 Å². The monoisotopic (exact) mass is 294 g/mol. The van der Waals surface area contributed by atoms with Crippen LogP contribution in [0.15, 0.2) is 18.2 Å². The highest BCUT2D eigenvalue weighted by molar-refractivity contribution is 7.15. The number of halogens is 1. The summed E-state index contributed by atoms with van der Waals surface area (Å²) in [5, 5.41) is 0.513. The molecule has 0 aliphatic heterocycles. The molecule has 0 spiro atoms. The third-order valence-corrected chi connectivity index (χ3v) is 4.57. The summed E-state index contributed by atoms with van der Waals surface area (Å²) < 4.78 is 0. The van der Waals surface area contributed by atoms with E-state index in [1.165, 1.54) is 4.88 Å². The number of nitrogens with zero attached hydrogens (tertiary/aromatic N) is 2. The average molecular weight is 295 g/mol. The maximum absolute atomic E-state index is 6.09. The quantitative estimate of drug-likeness (QED) is 0.704. The third kappa shape index (κ3) is 3.34. The molecular weight excluding hydrogens is 276 g/mol. The molecule has 2 rings (SSSR count). The minimum atomic E-state index is 0.155. The Morgan fingerprint density at radius 3 is 2.37 bits per heavy atom. The maximum atomic E-state index is 6.09. The van der Waals surface area contributed by atoms with Crippen LogP contribution in [0.25, 0.3) is 10.7 Å². The molecule has 102 valence electrons. The van der Waals surface area contributed by atoms with E-state index in [1.54, 1.807) is 11.3 Å². The lowest BCUT2D eigenvalue weighted by atomic mass is 9.95. The van der Waals surface area contributed by atoms with Crippen LogP contribution in [0, 0.1) is 0 Å². The number of aromatic nitrogens is 2. The zero-order valence-electron chi connectivity index (χ0n) is 12.0. The van der Waals surface area contributed by atoms with E-state index in [0.29, 0.717) is 11.1 Å². The van der Waals surface area contributed by atoms with Gasteiger partial charge in [-0.05, 0) is 29.5 Å². The van der Waals surface area contributed by atoms with Crippen LogP contribution in [-0.2, 0) is 5.41 Å². The highest BCUT2D eigenvalue weighted by atomic mass is 35.5. The largest absolute Gasteiger partial charge is 0.232 e. The predicted molar refractivity (Wildman–Crippen MR) is 83.1 cm³/mol. The molecule has 0 atom stereocenters. The highest BCUT2D eigenvalue weighted by Gasteiger charge is 2.18. The molecule has 0 unspecified atom stereocenters. The average Bonchev–Trinajstić information content (AvgIpc) is 2.76. The lowest BCUT2D eigenvalue weighted by Crippen LogP contribution is -2.07. The zero-order chi connectivity index (χ0) is 14.2. The van der Waals surface area contributed by atoms with Crippen LogP contribution >= 0.6 is 22.9 Å². The summed E-state index contributed by atoms with van der Waals surface area (Å²) in [6.45, 7) is 10.8. The van der Waals surface area contributed by atoms with E-state index in [2.05, 4.69) is 56.7 Å². The van der Waals surface area contributed by atoms with E-state index in [9.17, 15) is 0 Å². The summed E-state index contributed by atoms with van der Waals surface area (Å²) in [6, 6.07) is 6.08. The first kappa shape index (κ1) is 14.5. The first-order valence-corrected chi connectivity index (χ1v) is 7.62. The summed E-state index contributed by atoms with van der Waals surface area (Å²) in [4.78, 5) is 11.4. The minimum Gasteiger partial charge on any atom is -0.232 e. The maximum Gasteiger partial charge on any atom is 0.171 e. The molecule has 0 saturated heterocycles. The molecule has 0 aliphatic carbocycles. The van der Waals surface area contributed by atoms with Crippen LogP contribution in [0.2, 0.25) is 5.15 Å². The molecule has 2 heterocycles. The van der Waals surface area contributed by atoms with E-state index in [-0.39, 0.29) is 5.41 Å². The smallest absolute Gasteiger partial charge is 0.171 e. The van der Waals surface area contributed by atoms with Gasteiger partial charge in [-0.15, -0.1) is 11.3 Å². The lowest BCUT2D eigenvalue weighted by molar-refractivity contribution is 0.604. The van der Waals surface area contributed by atoms with Gasteiger partial charge in [0, 0.05) is 10.6 Å².